The molecule has 0 atom stereocenters. The van der Waals surface area contributed by atoms with E-state index in [1.54, 1.807) is 24.5 Å². The maximum absolute atomic E-state index is 12.5. The van der Waals surface area contributed by atoms with Crippen molar-refractivity contribution in [2.45, 2.75) is 20.0 Å². The van der Waals surface area contributed by atoms with Crippen molar-refractivity contribution in [3.8, 4) is 16.5 Å². The number of rotatable bonds is 5. The van der Waals surface area contributed by atoms with Gasteiger partial charge in [0, 0.05) is 11.8 Å². The Morgan fingerprint density at radius 1 is 1.12 bits per heavy atom. The standard InChI is InChI=1S/C18H17N3O2S/c1-12(2)23-17-14(9-6-10-19-17)21-16(22)15-11-20-18(24-15)13-7-4-3-5-8-13/h3-12H,1-2H3,(H,21,22). The number of benzene rings is 1. The fourth-order valence-electron chi connectivity index (χ4n) is 2.08. The van der Waals surface area contributed by atoms with Gasteiger partial charge in [0.25, 0.3) is 5.91 Å². The molecule has 0 radical (unpaired) electrons. The summed E-state index contributed by atoms with van der Waals surface area (Å²) in [6, 6.07) is 13.3. The van der Waals surface area contributed by atoms with E-state index in [1.807, 2.05) is 44.2 Å². The zero-order valence-corrected chi connectivity index (χ0v) is 14.2. The average Bonchev–Trinajstić information content (AvgIpc) is 3.07. The number of nitrogens with zero attached hydrogens (tertiary/aromatic N) is 2. The summed E-state index contributed by atoms with van der Waals surface area (Å²) in [7, 11) is 0. The molecule has 0 bridgehead atoms. The molecule has 24 heavy (non-hydrogen) atoms. The Labute approximate surface area is 144 Å². The highest BCUT2D eigenvalue weighted by Crippen LogP contribution is 2.27. The first-order valence-electron chi connectivity index (χ1n) is 7.58. The molecule has 0 saturated carbocycles. The van der Waals surface area contributed by atoms with Crippen LogP contribution in [0.3, 0.4) is 0 Å². The van der Waals surface area contributed by atoms with Crippen LogP contribution in [-0.2, 0) is 0 Å². The van der Waals surface area contributed by atoms with Gasteiger partial charge in [0.05, 0.1) is 12.3 Å². The summed E-state index contributed by atoms with van der Waals surface area (Å²) >= 11 is 1.35. The van der Waals surface area contributed by atoms with E-state index in [9.17, 15) is 4.79 Å². The zero-order valence-electron chi connectivity index (χ0n) is 13.4. The molecule has 0 aliphatic carbocycles. The summed E-state index contributed by atoms with van der Waals surface area (Å²) in [4.78, 5) is 21.5. The molecule has 122 valence electrons. The van der Waals surface area contributed by atoms with E-state index in [0.717, 1.165) is 10.6 Å². The first kappa shape index (κ1) is 16.1. The molecule has 0 aliphatic rings. The van der Waals surface area contributed by atoms with Crippen LogP contribution in [0.15, 0.2) is 54.9 Å². The van der Waals surface area contributed by atoms with Crippen LogP contribution in [0.4, 0.5) is 5.69 Å². The van der Waals surface area contributed by atoms with Crippen LogP contribution in [0.5, 0.6) is 5.88 Å². The highest BCUT2D eigenvalue weighted by atomic mass is 32.1. The highest BCUT2D eigenvalue weighted by molar-refractivity contribution is 7.17. The summed E-state index contributed by atoms with van der Waals surface area (Å²) < 4.78 is 5.62. The van der Waals surface area contributed by atoms with Crippen LogP contribution in [0.2, 0.25) is 0 Å². The van der Waals surface area contributed by atoms with Crippen molar-refractivity contribution in [1.82, 2.24) is 9.97 Å². The van der Waals surface area contributed by atoms with Crippen molar-refractivity contribution in [2.75, 3.05) is 5.32 Å². The lowest BCUT2D eigenvalue weighted by molar-refractivity contribution is 0.102. The second-order valence-electron chi connectivity index (χ2n) is 5.37. The summed E-state index contributed by atoms with van der Waals surface area (Å²) in [6.07, 6.45) is 3.19. The Kier molecular flexibility index (Phi) is 4.86. The van der Waals surface area contributed by atoms with Crippen LogP contribution in [0, 0.1) is 0 Å². The van der Waals surface area contributed by atoms with E-state index < -0.39 is 0 Å². The maximum Gasteiger partial charge on any atom is 0.267 e. The first-order valence-corrected chi connectivity index (χ1v) is 8.39. The largest absolute Gasteiger partial charge is 0.473 e. The molecule has 0 spiro atoms. The molecule has 5 nitrogen and oxygen atoms in total. The molecule has 0 fully saturated rings. The minimum atomic E-state index is -0.226. The molecular weight excluding hydrogens is 322 g/mol. The predicted molar refractivity (Wildman–Crippen MR) is 95.5 cm³/mol. The molecule has 0 saturated heterocycles. The van der Waals surface area contributed by atoms with E-state index in [1.165, 1.54) is 11.3 Å². The van der Waals surface area contributed by atoms with Crippen LogP contribution in [-0.4, -0.2) is 22.0 Å². The van der Waals surface area contributed by atoms with Crippen LogP contribution in [0.25, 0.3) is 10.6 Å². The smallest absolute Gasteiger partial charge is 0.267 e. The second-order valence-corrected chi connectivity index (χ2v) is 6.40. The number of hydrogen-bond acceptors (Lipinski definition) is 5. The second kappa shape index (κ2) is 7.23. The van der Waals surface area contributed by atoms with Gasteiger partial charge in [-0.1, -0.05) is 30.3 Å². The summed E-state index contributed by atoms with van der Waals surface area (Å²) in [6.45, 7) is 3.82. The lowest BCUT2D eigenvalue weighted by Gasteiger charge is -2.12. The fourth-order valence-corrected chi connectivity index (χ4v) is 2.90. The van der Waals surface area contributed by atoms with Gasteiger partial charge >= 0.3 is 0 Å². The SMILES string of the molecule is CC(C)Oc1ncccc1NC(=O)c1cnc(-c2ccccc2)s1. The lowest BCUT2D eigenvalue weighted by Crippen LogP contribution is -2.14. The maximum atomic E-state index is 12.5. The van der Waals surface area contributed by atoms with E-state index in [4.69, 9.17) is 4.74 Å². The van der Waals surface area contributed by atoms with Gasteiger partial charge in [-0.25, -0.2) is 9.97 Å². The van der Waals surface area contributed by atoms with E-state index in [-0.39, 0.29) is 12.0 Å². The Balaban J connectivity index is 1.78. The summed E-state index contributed by atoms with van der Waals surface area (Å²) in [5.41, 5.74) is 1.54. The molecule has 3 rings (SSSR count). The van der Waals surface area contributed by atoms with Crippen molar-refractivity contribution in [3.63, 3.8) is 0 Å². The molecule has 3 aromatic rings. The number of carbonyl (C=O) groups excluding carboxylic acids is 1. The van der Waals surface area contributed by atoms with Gasteiger partial charge in [0.15, 0.2) is 0 Å². The first-order chi connectivity index (χ1) is 11.6. The van der Waals surface area contributed by atoms with Crippen molar-refractivity contribution in [1.29, 1.82) is 0 Å². The molecule has 2 aromatic heterocycles. The third-order valence-corrected chi connectivity index (χ3v) is 4.16. The molecule has 6 heteroatoms. The normalized spacial score (nSPS) is 10.6. The molecule has 2 heterocycles. The number of nitrogens with one attached hydrogen (secondary N) is 1. The van der Waals surface area contributed by atoms with Gasteiger partial charge in [0.1, 0.15) is 15.6 Å². The number of thiazole rings is 1. The van der Waals surface area contributed by atoms with E-state index >= 15 is 0 Å². The van der Waals surface area contributed by atoms with Crippen molar-refractivity contribution < 1.29 is 9.53 Å². The van der Waals surface area contributed by atoms with E-state index in [2.05, 4.69) is 15.3 Å². The average molecular weight is 339 g/mol. The Bertz CT molecular complexity index is 831. The topological polar surface area (TPSA) is 64.1 Å². The van der Waals surface area contributed by atoms with Gasteiger partial charge in [-0.05, 0) is 26.0 Å². The molecule has 0 aliphatic heterocycles. The van der Waals surface area contributed by atoms with Crippen molar-refractivity contribution in [2.24, 2.45) is 0 Å². The minimum absolute atomic E-state index is 0.0244. The van der Waals surface area contributed by atoms with Crippen LogP contribution in [0.1, 0.15) is 23.5 Å². The van der Waals surface area contributed by atoms with Crippen molar-refractivity contribution in [3.05, 3.63) is 59.7 Å². The van der Waals surface area contributed by atoms with Crippen LogP contribution >= 0.6 is 11.3 Å². The van der Waals surface area contributed by atoms with Gasteiger partial charge in [0.2, 0.25) is 5.88 Å². The lowest BCUT2D eigenvalue weighted by atomic mass is 10.2. The number of aromatic nitrogens is 2. The number of pyridine rings is 1. The number of amides is 1. The summed E-state index contributed by atoms with van der Waals surface area (Å²) in [5.74, 6) is 0.185. The summed E-state index contributed by atoms with van der Waals surface area (Å²) in [5, 5.41) is 3.65. The minimum Gasteiger partial charge on any atom is -0.473 e. The third-order valence-electron chi connectivity index (χ3n) is 3.12. The number of anilines is 1. The van der Waals surface area contributed by atoms with Gasteiger partial charge in [-0.2, -0.15) is 0 Å². The molecule has 1 N–H and O–H groups in total. The van der Waals surface area contributed by atoms with Gasteiger partial charge in [-0.3, -0.25) is 4.79 Å². The molecule has 0 unspecified atom stereocenters. The Morgan fingerprint density at radius 2 is 1.92 bits per heavy atom. The molecule has 1 amide bonds. The monoisotopic (exact) mass is 339 g/mol. The Morgan fingerprint density at radius 3 is 2.67 bits per heavy atom. The number of hydrogen-bond donors (Lipinski definition) is 1. The van der Waals surface area contributed by atoms with E-state index in [0.29, 0.717) is 16.4 Å². The fraction of sp³-hybridized carbons (Fsp3) is 0.167. The predicted octanol–water partition coefficient (Wildman–Crippen LogP) is 4.24. The zero-order chi connectivity index (χ0) is 16.9. The number of ether oxygens (including phenoxy) is 1. The van der Waals surface area contributed by atoms with Crippen molar-refractivity contribution >= 4 is 22.9 Å². The molecule has 1 aromatic carbocycles. The number of carbonyl (C=O) groups is 1. The molecular formula is C18H17N3O2S. The Hall–Kier alpha value is -2.73. The van der Waals surface area contributed by atoms with Gasteiger partial charge in [-0.15, -0.1) is 11.3 Å². The highest BCUT2D eigenvalue weighted by Gasteiger charge is 2.15. The quantitative estimate of drug-likeness (QED) is 0.755. The third kappa shape index (κ3) is 3.78. The van der Waals surface area contributed by atoms with Gasteiger partial charge < -0.3 is 10.1 Å². The van der Waals surface area contributed by atoms with Crippen LogP contribution < -0.4 is 10.1 Å².